The summed E-state index contributed by atoms with van der Waals surface area (Å²) < 4.78 is 24.5. The maximum atomic E-state index is 13.7. The zero-order valence-electron chi connectivity index (χ0n) is 13.9. The molecular weight excluding hydrogens is 393 g/mol. The number of hydrogen-bond acceptors (Lipinski definition) is 4. The second-order valence-electron chi connectivity index (χ2n) is 5.36. The molecule has 2 rings (SSSR count). The fraction of sp³-hybridized carbons (Fsp3) is 0.222. The van der Waals surface area contributed by atoms with Crippen LogP contribution in [0.4, 0.5) is 10.1 Å². The summed E-state index contributed by atoms with van der Waals surface area (Å²) in [6.45, 7) is 3.28. The van der Waals surface area contributed by atoms with Gasteiger partial charge in [0.25, 0.3) is 5.91 Å². The van der Waals surface area contributed by atoms with Gasteiger partial charge in [0.1, 0.15) is 11.6 Å². The van der Waals surface area contributed by atoms with Crippen LogP contribution in [0.2, 0.25) is 0 Å². The van der Waals surface area contributed by atoms with Gasteiger partial charge in [-0.1, -0.05) is 22.0 Å². The second-order valence-corrected chi connectivity index (χ2v) is 6.28. The Hall–Kier alpha value is -2.41. The van der Waals surface area contributed by atoms with Crippen molar-refractivity contribution in [3.8, 4) is 5.75 Å². The summed E-state index contributed by atoms with van der Waals surface area (Å²) in [6, 6.07) is 9.20. The van der Waals surface area contributed by atoms with Crippen LogP contribution >= 0.6 is 15.9 Å². The number of aryl methyl sites for hydroxylation is 1. The number of ether oxygens (including phenoxy) is 2. The minimum absolute atomic E-state index is 0.248. The number of methoxy groups -OCH3 is 1. The van der Waals surface area contributed by atoms with E-state index in [0.29, 0.717) is 15.9 Å². The van der Waals surface area contributed by atoms with Crippen LogP contribution in [-0.2, 0) is 9.53 Å². The standard InChI is InChI=1S/C18H17BrFNO4/c1-10-4-7-16(24-3)15(8-10)21-17(22)11(2)25-18(23)13-9-12(19)5-6-14(13)20/h4-9,11H,1-3H3,(H,21,22)/t11-/m1/s1. The van der Waals surface area contributed by atoms with Crippen LogP contribution in [0.25, 0.3) is 0 Å². The van der Waals surface area contributed by atoms with Crippen molar-refractivity contribution in [3.63, 3.8) is 0 Å². The van der Waals surface area contributed by atoms with E-state index in [2.05, 4.69) is 21.2 Å². The van der Waals surface area contributed by atoms with Crippen LogP contribution in [0.3, 0.4) is 0 Å². The van der Waals surface area contributed by atoms with Crippen LogP contribution in [0.15, 0.2) is 40.9 Å². The van der Waals surface area contributed by atoms with Crippen molar-refractivity contribution in [2.75, 3.05) is 12.4 Å². The largest absolute Gasteiger partial charge is 0.495 e. The van der Waals surface area contributed by atoms with Gasteiger partial charge < -0.3 is 14.8 Å². The molecule has 0 fully saturated rings. The molecule has 2 aromatic carbocycles. The molecule has 0 saturated heterocycles. The second kappa shape index (κ2) is 8.11. The van der Waals surface area contributed by atoms with Gasteiger partial charge in [-0.15, -0.1) is 0 Å². The van der Waals surface area contributed by atoms with Crippen LogP contribution in [0.5, 0.6) is 5.75 Å². The summed E-state index contributed by atoms with van der Waals surface area (Å²) in [7, 11) is 1.49. The number of carbonyl (C=O) groups is 2. The van der Waals surface area contributed by atoms with Crippen molar-refractivity contribution in [1.29, 1.82) is 0 Å². The molecule has 0 aliphatic heterocycles. The van der Waals surface area contributed by atoms with Crippen molar-refractivity contribution >= 4 is 33.5 Å². The molecule has 2 aromatic rings. The molecule has 0 spiro atoms. The van der Waals surface area contributed by atoms with Crippen molar-refractivity contribution in [2.24, 2.45) is 0 Å². The molecule has 0 heterocycles. The third kappa shape index (κ3) is 4.79. The van der Waals surface area contributed by atoms with Gasteiger partial charge in [-0.25, -0.2) is 9.18 Å². The van der Waals surface area contributed by atoms with Crippen molar-refractivity contribution < 1.29 is 23.5 Å². The van der Waals surface area contributed by atoms with E-state index in [4.69, 9.17) is 9.47 Å². The summed E-state index contributed by atoms with van der Waals surface area (Å²) in [5.74, 6) is -1.71. The predicted molar refractivity (Wildman–Crippen MR) is 95.3 cm³/mol. The molecule has 25 heavy (non-hydrogen) atoms. The first-order chi connectivity index (χ1) is 11.8. The predicted octanol–water partition coefficient (Wildman–Crippen LogP) is 4.09. The van der Waals surface area contributed by atoms with E-state index in [-0.39, 0.29) is 5.56 Å². The molecule has 0 saturated carbocycles. The van der Waals surface area contributed by atoms with Crippen molar-refractivity contribution in [2.45, 2.75) is 20.0 Å². The third-order valence-electron chi connectivity index (χ3n) is 3.41. The van der Waals surface area contributed by atoms with Crippen LogP contribution < -0.4 is 10.1 Å². The molecule has 0 bridgehead atoms. The van der Waals surface area contributed by atoms with Gasteiger partial charge >= 0.3 is 5.97 Å². The Morgan fingerprint density at radius 1 is 1.20 bits per heavy atom. The number of hydrogen-bond donors (Lipinski definition) is 1. The Bertz CT molecular complexity index is 810. The number of anilines is 1. The molecule has 0 aliphatic carbocycles. The van der Waals surface area contributed by atoms with Gasteiger partial charge in [0.2, 0.25) is 0 Å². The highest BCUT2D eigenvalue weighted by Crippen LogP contribution is 2.25. The zero-order valence-corrected chi connectivity index (χ0v) is 15.5. The Morgan fingerprint density at radius 2 is 1.92 bits per heavy atom. The first-order valence-electron chi connectivity index (χ1n) is 7.43. The van der Waals surface area contributed by atoms with Gasteiger partial charge in [-0.05, 0) is 49.7 Å². The first-order valence-corrected chi connectivity index (χ1v) is 8.22. The molecule has 1 atom stereocenters. The summed E-state index contributed by atoms with van der Waals surface area (Å²) in [6.07, 6.45) is -1.11. The quantitative estimate of drug-likeness (QED) is 0.755. The number of carbonyl (C=O) groups excluding carboxylic acids is 2. The van der Waals surface area contributed by atoms with Gasteiger partial charge in [0.15, 0.2) is 6.10 Å². The lowest BCUT2D eigenvalue weighted by atomic mass is 10.2. The van der Waals surface area contributed by atoms with E-state index in [0.717, 1.165) is 11.6 Å². The van der Waals surface area contributed by atoms with Crippen LogP contribution in [-0.4, -0.2) is 25.1 Å². The van der Waals surface area contributed by atoms with E-state index >= 15 is 0 Å². The number of benzene rings is 2. The molecule has 0 aliphatic rings. The minimum Gasteiger partial charge on any atom is -0.495 e. The third-order valence-corrected chi connectivity index (χ3v) is 3.91. The van der Waals surface area contributed by atoms with E-state index < -0.39 is 23.8 Å². The molecule has 0 radical (unpaired) electrons. The Labute approximate surface area is 153 Å². The monoisotopic (exact) mass is 409 g/mol. The van der Waals surface area contributed by atoms with Crippen molar-refractivity contribution in [1.82, 2.24) is 0 Å². The lowest BCUT2D eigenvalue weighted by Gasteiger charge is -2.16. The topological polar surface area (TPSA) is 64.6 Å². The Morgan fingerprint density at radius 3 is 2.60 bits per heavy atom. The van der Waals surface area contributed by atoms with Gasteiger partial charge in [0.05, 0.1) is 18.4 Å². The lowest BCUT2D eigenvalue weighted by Crippen LogP contribution is -2.30. The van der Waals surface area contributed by atoms with E-state index in [1.54, 1.807) is 12.1 Å². The Kier molecular flexibility index (Phi) is 6.14. The molecule has 5 nitrogen and oxygen atoms in total. The summed E-state index contributed by atoms with van der Waals surface area (Å²) in [5.41, 5.74) is 1.14. The minimum atomic E-state index is -1.11. The fourth-order valence-electron chi connectivity index (χ4n) is 2.09. The first kappa shape index (κ1) is 18.9. The van der Waals surface area contributed by atoms with Gasteiger partial charge in [-0.2, -0.15) is 0 Å². The Balaban J connectivity index is 2.09. The maximum Gasteiger partial charge on any atom is 0.341 e. The van der Waals surface area contributed by atoms with Crippen molar-refractivity contribution in [3.05, 3.63) is 57.8 Å². The zero-order chi connectivity index (χ0) is 18.6. The summed E-state index contributed by atoms with van der Waals surface area (Å²) >= 11 is 3.16. The maximum absolute atomic E-state index is 13.7. The molecule has 0 unspecified atom stereocenters. The SMILES string of the molecule is COc1ccc(C)cc1NC(=O)[C@@H](C)OC(=O)c1cc(Br)ccc1F. The molecule has 1 amide bonds. The molecule has 1 N–H and O–H groups in total. The number of amides is 1. The highest BCUT2D eigenvalue weighted by atomic mass is 79.9. The highest BCUT2D eigenvalue weighted by molar-refractivity contribution is 9.10. The number of esters is 1. The average Bonchev–Trinajstić information content (AvgIpc) is 2.57. The summed E-state index contributed by atoms with van der Waals surface area (Å²) in [5, 5.41) is 2.64. The molecule has 0 aromatic heterocycles. The van der Waals surface area contributed by atoms with E-state index in [1.807, 2.05) is 13.0 Å². The number of nitrogens with one attached hydrogen (secondary N) is 1. The molecule has 7 heteroatoms. The fourth-order valence-corrected chi connectivity index (χ4v) is 2.45. The summed E-state index contributed by atoms with van der Waals surface area (Å²) in [4.78, 5) is 24.3. The normalized spacial score (nSPS) is 11.6. The van der Waals surface area contributed by atoms with Crippen LogP contribution in [0.1, 0.15) is 22.8 Å². The highest BCUT2D eigenvalue weighted by Gasteiger charge is 2.22. The average molecular weight is 410 g/mol. The van der Waals surface area contributed by atoms with Gasteiger partial charge in [-0.3, -0.25) is 4.79 Å². The molecule has 132 valence electrons. The molecular formula is C18H17BrFNO4. The van der Waals surface area contributed by atoms with Crippen LogP contribution in [0, 0.1) is 12.7 Å². The smallest absolute Gasteiger partial charge is 0.341 e. The van der Waals surface area contributed by atoms with E-state index in [1.165, 1.54) is 26.2 Å². The van der Waals surface area contributed by atoms with E-state index in [9.17, 15) is 14.0 Å². The lowest BCUT2D eigenvalue weighted by molar-refractivity contribution is -0.123. The number of rotatable bonds is 5. The number of halogens is 2. The van der Waals surface area contributed by atoms with Gasteiger partial charge in [0, 0.05) is 4.47 Å².